The van der Waals surface area contributed by atoms with E-state index in [2.05, 4.69) is 15.6 Å². The van der Waals surface area contributed by atoms with Crippen molar-refractivity contribution in [3.8, 4) is 5.75 Å². The van der Waals surface area contributed by atoms with Gasteiger partial charge in [0.15, 0.2) is 6.61 Å². The summed E-state index contributed by atoms with van der Waals surface area (Å²) in [5.41, 5.74) is 6.39. The molecular formula is C16H20N4O2. The first kappa shape index (κ1) is 15.8. The number of anilines is 2. The molecule has 0 aliphatic heterocycles. The molecule has 4 N–H and O–H groups in total. The van der Waals surface area contributed by atoms with Crippen LogP contribution in [0.4, 0.5) is 11.5 Å². The molecule has 0 bridgehead atoms. The van der Waals surface area contributed by atoms with Crippen LogP contribution < -0.4 is 21.1 Å². The summed E-state index contributed by atoms with van der Waals surface area (Å²) in [5, 5.41) is 5.91. The van der Waals surface area contributed by atoms with Crippen LogP contribution in [0.25, 0.3) is 0 Å². The second-order valence-electron chi connectivity index (χ2n) is 4.65. The van der Waals surface area contributed by atoms with Crippen molar-refractivity contribution in [2.24, 2.45) is 5.73 Å². The van der Waals surface area contributed by atoms with Crippen LogP contribution in [0.1, 0.15) is 6.42 Å². The van der Waals surface area contributed by atoms with E-state index in [-0.39, 0.29) is 12.5 Å². The molecule has 6 nitrogen and oxygen atoms in total. The van der Waals surface area contributed by atoms with Crippen molar-refractivity contribution in [2.45, 2.75) is 6.42 Å². The van der Waals surface area contributed by atoms with Gasteiger partial charge in [0.1, 0.15) is 11.6 Å². The number of carbonyl (C=O) groups excluding carboxylic acids is 1. The summed E-state index contributed by atoms with van der Waals surface area (Å²) in [6.45, 7) is 1.39. The van der Waals surface area contributed by atoms with Gasteiger partial charge in [0.2, 0.25) is 0 Å². The topological polar surface area (TPSA) is 89.3 Å². The summed E-state index contributed by atoms with van der Waals surface area (Å²) in [4.78, 5) is 15.8. The van der Waals surface area contributed by atoms with Gasteiger partial charge in [-0.2, -0.15) is 0 Å². The highest BCUT2D eigenvalue weighted by atomic mass is 16.5. The Bertz CT molecular complexity index is 590. The molecule has 0 aliphatic carbocycles. The molecule has 1 aromatic heterocycles. The minimum Gasteiger partial charge on any atom is -0.484 e. The van der Waals surface area contributed by atoms with Crippen LogP contribution in [0.2, 0.25) is 0 Å². The minimum atomic E-state index is -0.250. The molecule has 0 saturated carbocycles. The maximum atomic E-state index is 11.8. The first-order valence-corrected chi connectivity index (χ1v) is 7.15. The molecule has 0 saturated heterocycles. The van der Waals surface area contributed by atoms with Crippen molar-refractivity contribution in [3.63, 3.8) is 0 Å². The molecule has 2 rings (SSSR count). The SMILES string of the molecule is NCCCNc1cccc(OCC(=O)Nc2ccccn2)c1. The van der Waals surface area contributed by atoms with Crippen molar-refractivity contribution >= 4 is 17.4 Å². The summed E-state index contributed by atoms with van der Waals surface area (Å²) >= 11 is 0. The number of rotatable bonds is 8. The summed E-state index contributed by atoms with van der Waals surface area (Å²) in [7, 11) is 0. The lowest BCUT2D eigenvalue weighted by atomic mass is 10.3. The highest BCUT2D eigenvalue weighted by Crippen LogP contribution is 2.17. The number of aromatic nitrogens is 1. The van der Waals surface area contributed by atoms with Crippen LogP contribution >= 0.6 is 0 Å². The van der Waals surface area contributed by atoms with Gasteiger partial charge in [-0.25, -0.2) is 4.98 Å². The summed E-state index contributed by atoms with van der Waals surface area (Å²) in [6, 6.07) is 12.8. The van der Waals surface area contributed by atoms with E-state index in [4.69, 9.17) is 10.5 Å². The quantitative estimate of drug-likeness (QED) is 0.648. The summed E-state index contributed by atoms with van der Waals surface area (Å²) in [5.74, 6) is 0.891. The molecule has 116 valence electrons. The average molecular weight is 300 g/mol. The van der Waals surface area contributed by atoms with Crippen molar-refractivity contribution in [2.75, 3.05) is 30.3 Å². The second kappa shape index (κ2) is 8.63. The van der Waals surface area contributed by atoms with Crippen LogP contribution in [0, 0.1) is 0 Å². The Morgan fingerprint density at radius 1 is 1.23 bits per heavy atom. The van der Waals surface area contributed by atoms with E-state index >= 15 is 0 Å². The van der Waals surface area contributed by atoms with Gasteiger partial charge < -0.3 is 21.1 Å². The highest BCUT2D eigenvalue weighted by Gasteiger charge is 2.04. The van der Waals surface area contributed by atoms with E-state index in [0.29, 0.717) is 18.1 Å². The van der Waals surface area contributed by atoms with Crippen molar-refractivity contribution in [1.82, 2.24) is 4.98 Å². The zero-order valence-corrected chi connectivity index (χ0v) is 12.3. The van der Waals surface area contributed by atoms with E-state index in [1.54, 1.807) is 24.4 Å². The van der Waals surface area contributed by atoms with E-state index in [9.17, 15) is 4.79 Å². The minimum absolute atomic E-state index is 0.0666. The monoisotopic (exact) mass is 300 g/mol. The molecule has 22 heavy (non-hydrogen) atoms. The average Bonchev–Trinajstić information content (AvgIpc) is 2.55. The molecule has 0 radical (unpaired) electrons. The van der Waals surface area contributed by atoms with Gasteiger partial charge >= 0.3 is 0 Å². The first-order chi connectivity index (χ1) is 10.8. The number of pyridine rings is 1. The first-order valence-electron chi connectivity index (χ1n) is 7.15. The van der Waals surface area contributed by atoms with Crippen molar-refractivity contribution in [3.05, 3.63) is 48.7 Å². The zero-order valence-electron chi connectivity index (χ0n) is 12.3. The fourth-order valence-corrected chi connectivity index (χ4v) is 1.80. The van der Waals surface area contributed by atoms with Crippen LogP contribution in [0.5, 0.6) is 5.75 Å². The molecule has 0 fully saturated rings. The molecule has 6 heteroatoms. The van der Waals surface area contributed by atoms with Crippen molar-refractivity contribution in [1.29, 1.82) is 0 Å². The fourth-order valence-electron chi connectivity index (χ4n) is 1.80. The second-order valence-corrected chi connectivity index (χ2v) is 4.65. The number of nitrogens with zero attached hydrogens (tertiary/aromatic N) is 1. The van der Waals surface area contributed by atoms with Crippen LogP contribution in [0.15, 0.2) is 48.7 Å². The molecule has 1 aromatic carbocycles. The normalized spacial score (nSPS) is 10.0. The van der Waals surface area contributed by atoms with Crippen molar-refractivity contribution < 1.29 is 9.53 Å². The maximum absolute atomic E-state index is 11.8. The van der Waals surface area contributed by atoms with Crippen LogP contribution in [-0.4, -0.2) is 30.6 Å². The molecule has 2 aromatic rings. The Kier molecular flexibility index (Phi) is 6.19. The Hall–Kier alpha value is -2.60. The van der Waals surface area contributed by atoms with E-state index in [1.165, 1.54) is 0 Å². The van der Waals surface area contributed by atoms with Gasteiger partial charge in [0.05, 0.1) is 0 Å². The van der Waals surface area contributed by atoms with E-state index in [1.807, 2.05) is 24.3 Å². The van der Waals surface area contributed by atoms with E-state index in [0.717, 1.165) is 18.7 Å². The van der Waals surface area contributed by atoms with Gasteiger partial charge in [0, 0.05) is 24.5 Å². The zero-order chi connectivity index (χ0) is 15.6. The molecule has 0 aliphatic rings. The molecular weight excluding hydrogens is 280 g/mol. The summed E-state index contributed by atoms with van der Waals surface area (Å²) in [6.07, 6.45) is 2.52. The van der Waals surface area contributed by atoms with Crippen LogP contribution in [0.3, 0.4) is 0 Å². The number of ether oxygens (including phenoxy) is 1. The van der Waals surface area contributed by atoms with Gasteiger partial charge in [-0.15, -0.1) is 0 Å². The number of hydrogen-bond donors (Lipinski definition) is 3. The predicted octanol–water partition coefficient (Wildman–Crippen LogP) is 1.86. The Morgan fingerprint density at radius 2 is 2.14 bits per heavy atom. The number of nitrogens with one attached hydrogen (secondary N) is 2. The van der Waals surface area contributed by atoms with Crippen LogP contribution in [-0.2, 0) is 4.79 Å². The van der Waals surface area contributed by atoms with Gasteiger partial charge in [-0.1, -0.05) is 12.1 Å². The standard InChI is InChI=1S/C16H20N4O2/c17-8-4-10-18-13-5-3-6-14(11-13)22-12-16(21)20-15-7-1-2-9-19-15/h1-3,5-7,9,11,18H,4,8,10,12,17H2,(H,19,20,21). The lowest BCUT2D eigenvalue weighted by molar-refractivity contribution is -0.118. The highest BCUT2D eigenvalue weighted by molar-refractivity contribution is 5.90. The number of amides is 1. The van der Waals surface area contributed by atoms with Gasteiger partial charge in [0.25, 0.3) is 5.91 Å². The third kappa shape index (κ3) is 5.41. The number of benzene rings is 1. The van der Waals surface area contributed by atoms with E-state index < -0.39 is 0 Å². The smallest absolute Gasteiger partial charge is 0.263 e. The predicted molar refractivity (Wildman–Crippen MR) is 87.0 cm³/mol. The maximum Gasteiger partial charge on any atom is 0.263 e. The molecule has 0 atom stereocenters. The third-order valence-electron chi connectivity index (χ3n) is 2.85. The lowest BCUT2D eigenvalue weighted by Gasteiger charge is -2.09. The summed E-state index contributed by atoms with van der Waals surface area (Å²) < 4.78 is 5.48. The Morgan fingerprint density at radius 3 is 2.91 bits per heavy atom. The number of nitrogens with two attached hydrogens (primary N) is 1. The van der Waals surface area contributed by atoms with Gasteiger partial charge in [-0.05, 0) is 37.2 Å². The fraction of sp³-hybridized carbons (Fsp3) is 0.250. The lowest BCUT2D eigenvalue weighted by Crippen LogP contribution is -2.20. The third-order valence-corrected chi connectivity index (χ3v) is 2.85. The molecule has 1 heterocycles. The number of carbonyl (C=O) groups is 1. The Labute approximate surface area is 129 Å². The van der Waals surface area contributed by atoms with Gasteiger partial charge in [-0.3, -0.25) is 4.79 Å². The number of hydrogen-bond acceptors (Lipinski definition) is 5. The Balaban J connectivity index is 1.80. The molecule has 0 spiro atoms. The molecule has 1 amide bonds. The molecule has 0 unspecified atom stereocenters. The largest absolute Gasteiger partial charge is 0.484 e.